The van der Waals surface area contributed by atoms with Crippen molar-refractivity contribution in [1.29, 1.82) is 0 Å². The molecule has 0 amide bonds. The van der Waals surface area contributed by atoms with E-state index in [1.165, 1.54) is 12.0 Å². The average Bonchev–Trinajstić information content (AvgIpc) is 3.04. The molecule has 2 N–H and O–H groups in total. The van der Waals surface area contributed by atoms with Crippen LogP contribution in [-0.4, -0.2) is 32.0 Å². The summed E-state index contributed by atoms with van der Waals surface area (Å²) in [7, 11) is 1.93. The Morgan fingerprint density at radius 3 is 2.83 bits per heavy atom. The van der Waals surface area contributed by atoms with E-state index in [1.54, 1.807) is 0 Å². The third kappa shape index (κ3) is 2.59. The van der Waals surface area contributed by atoms with Gasteiger partial charge in [0.05, 0.1) is 11.7 Å². The van der Waals surface area contributed by atoms with Gasteiger partial charge < -0.3 is 5.32 Å². The molecule has 0 bridgehead atoms. The highest BCUT2D eigenvalue weighted by molar-refractivity contribution is 5.13. The number of aromatic amines is 1. The first kappa shape index (κ1) is 12.8. The van der Waals surface area contributed by atoms with Gasteiger partial charge in [0.2, 0.25) is 0 Å². The Morgan fingerprint density at radius 1 is 1.44 bits per heavy atom. The van der Waals surface area contributed by atoms with E-state index in [2.05, 4.69) is 50.2 Å². The number of rotatable bonds is 6. The van der Waals surface area contributed by atoms with Crippen LogP contribution >= 0.6 is 0 Å². The van der Waals surface area contributed by atoms with Crippen LogP contribution in [0.2, 0.25) is 0 Å². The van der Waals surface area contributed by atoms with Crippen LogP contribution in [0.25, 0.3) is 0 Å². The zero-order valence-corrected chi connectivity index (χ0v) is 11.1. The van der Waals surface area contributed by atoms with E-state index in [9.17, 15) is 0 Å². The second-order valence-electron chi connectivity index (χ2n) is 4.21. The van der Waals surface area contributed by atoms with Crippen LogP contribution < -0.4 is 5.32 Å². The van der Waals surface area contributed by atoms with Crippen molar-refractivity contribution in [2.45, 2.75) is 39.3 Å². The van der Waals surface area contributed by atoms with Gasteiger partial charge in [0.15, 0.2) is 0 Å². The number of nitrogens with zero attached hydrogens (tertiary/aromatic N) is 4. The van der Waals surface area contributed by atoms with E-state index in [1.807, 2.05) is 7.05 Å². The van der Waals surface area contributed by atoms with E-state index in [-0.39, 0.29) is 6.04 Å². The molecule has 0 spiro atoms. The van der Waals surface area contributed by atoms with Gasteiger partial charge in [0.25, 0.3) is 0 Å². The number of nitrogens with one attached hydrogen (secondary N) is 2. The van der Waals surface area contributed by atoms with Gasteiger partial charge in [-0.05, 0) is 26.5 Å². The monoisotopic (exact) mass is 248 g/mol. The molecule has 2 heterocycles. The maximum atomic E-state index is 4.56. The minimum Gasteiger partial charge on any atom is -0.310 e. The molecule has 0 aliphatic carbocycles. The first-order chi connectivity index (χ1) is 8.78. The van der Waals surface area contributed by atoms with Crippen molar-refractivity contribution in [3.8, 4) is 0 Å². The van der Waals surface area contributed by atoms with Crippen LogP contribution in [-0.2, 0) is 19.4 Å². The molecule has 2 aromatic rings. The van der Waals surface area contributed by atoms with E-state index in [0.29, 0.717) is 0 Å². The van der Waals surface area contributed by atoms with Gasteiger partial charge in [-0.3, -0.25) is 9.78 Å². The molecule has 0 aromatic carbocycles. The lowest BCUT2D eigenvalue weighted by Gasteiger charge is -2.13. The number of aromatic nitrogens is 5. The van der Waals surface area contributed by atoms with Crippen LogP contribution in [0.1, 0.15) is 37.1 Å². The first-order valence-corrected chi connectivity index (χ1v) is 6.36. The van der Waals surface area contributed by atoms with Crippen LogP contribution in [0.4, 0.5) is 0 Å². The summed E-state index contributed by atoms with van der Waals surface area (Å²) in [5, 5.41) is 14.6. The molecular formula is C12H20N6. The summed E-state index contributed by atoms with van der Waals surface area (Å²) >= 11 is 0. The zero-order chi connectivity index (χ0) is 13.0. The maximum Gasteiger partial charge on any atom is 0.141 e. The maximum absolute atomic E-state index is 4.56. The van der Waals surface area contributed by atoms with Crippen LogP contribution in [0.15, 0.2) is 12.4 Å². The summed E-state index contributed by atoms with van der Waals surface area (Å²) in [4.78, 5) is 4.21. The molecule has 2 rings (SSSR count). The number of H-pyrrole nitrogens is 1. The molecular weight excluding hydrogens is 228 g/mol. The quantitative estimate of drug-likeness (QED) is 0.802. The van der Waals surface area contributed by atoms with E-state index in [4.69, 9.17) is 0 Å². The highest BCUT2D eigenvalue weighted by Crippen LogP contribution is 2.15. The topological polar surface area (TPSA) is 71.4 Å². The predicted octanol–water partition coefficient (Wildman–Crippen LogP) is 1.09. The summed E-state index contributed by atoms with van der Waals surface area (Å²) in [6.45, 7) is 5.12. The van der Waals surface area contributed by atoms with E-state index >= 15 is 0 Å². The largest absolute Gasteiger partial charge is 0.310 e. The second kappa shape index (κ2) is 5.77. The molecule has 18 heavy (non-hydrogen) atoms. The number of likely N-dealkylation sites (N-methyl/N-ethyl adjacent to an activating group) is 1. The molecule has 0 aliphatic heterocycles. The van der Waals surface area contributed by atoms with Crippen LogP contribution in [0, 0.1) is 0 Å². The Morgan fingerprint density at radius 2 is 2.28 bits per heavy atom. The Kier molecular flexibility index (Phi) is 4.09. The summed E-state index contributed by atoms with van der Waals surface area (Å²) in [5.41, 5.74) is 2.37. The van der Waals surface area contributed by atoms with Crippen molar-refractivity contribution in [2.75, 3.05) is 7.05 Å². The van der Waals surface area contributed by atoms with Gasteiger partial charge >= 0.3 is 0 Å². The highest BCUT2D eigenvalue weighted by atomic mass is 15.3. The molecule has 1 atom stereocenters. The van der Waals surface area contributed by atoms with Gasteiger partial charge in [-0.15, -0.1) is 0 Å². The Hall–Kier alpha value is -1.69. The van der Waals surface area contributed by atoms with Crippen molar-refractivity contribution in [3.05, 3.63) is 29.6 Å². The summed E-state index contributed by atoms with van der Waals surface area (Å²) < 4.78 is 2.06. The van der Waals surface area contributed by atoms with Crippen LogP contribution in [0.3, 0.4) is 0 Å². The third-order valence-corrected chi connectivity index (χ3v) is 3.10. The lowest BCUT2D eigenvalue weighted by Crippen LogP contribution is -2.21. The van der Waals surface area contributed by atoms with Crippen molar-refractivity contribution >= 4 is 0 Å². The molecule has 0 saturated heterocycles. The van der Waals surface area contributed by atoms with Gasteiger partial charge in [0.1, 0.15) is 12.2 Å². The fourth-order valence-electron chi connectivity index (χ4n) is 2.05. The minimum absolute atomic E-state index is 0.138. The number of hydrogen-bond donors (Lipinski definition) is 2. The van der Waals surface area contributed by atoms with Crippen molar-refractivity contribution in [2.24, 2.45) is 0 Å². The van der Waals surface area contributed by atoms with Gasteiger partial charge in [-0.1, -0.05) is 6.92 Å². The molecule has 98 valence electrons. The van der Waals surface area contributed by atoms with Crippen LogP contribution in [0.5, 0.6) is 0 Å². The fraction of sp³-hybridized carbons (Fsp3) is 0.583. The minimum atomic E-state index is 0.138. The molecule has 6 heteroatoms. The Bertz CT molecular complexity index is 473. The molecule has 6 nitrogen and oxygen atoms in total. The Balaban J connectivity index is 2.19. The first-order valence-electron chi connectivity index (χ1n) is 6.36. The molecule has 0 saturated carbocycles. The summed E-state index contributed by atoms with van der Waals surface area (Å²) in [6.07, 6.45) is 3.35. The second-order valence-corrected chi connectivity index (χ2v) is 4.21. The normalized spacial score (nSPS) is 12.8. The standard InChI is InChI=1S/C12H20N6/c1-4-9-6-10(18(5-2)17-9)7-11(13-3)12-14-8-15-16-12/h6,8,11,13H,4-5,7H2,1-3H3,(H,14,15,16). The lowest BCUT2D eigenvalue weighted by molar-refractivity contribution is 0.521. The fourth-order valence-corrected chi connectivity index (χ4v) is 2.05. The van der Waals surface area contributed by atoms with Crippen molar-refractivity contribution < 1.29 is 0 Å². The molecule has 0 fully saturated rings. The summed E-state index contributed by atoms with van der Waals surface area (Å²) in [5.74, 6) is 0.861. The molecule has 1 unspecified atom stereocenters. The lowest BCUT2D eigenvalue weighted by atomic mass is 10.1. The van der Waals surface area contributed by atoms with Gasteiger partial charge in [-0.2, -0.15) is 10.2 Å². The Labute approximate surface area is 107 Å². The predicted molar refractivity (Wildman–Crippen MR) is 69.2 cm³/mol. The van der Waals surface area contributed by atoms with Gasteiger partial charge in [0, 0.05) is 18.7 Å². The highest BCUT2D eigenvalue weighted by Gasteiger charge is 2.16. The van der Waals surface area contributed by atoms with Gasteiger partial charge in [-0.25, -0.2) is 4.98 Å². The SMILES string of the molecule is CCc1cc(CC(NC)c2ncn[nH]2)n(CC)n1. The number of aryl methyl sites for hydroxylation is 2. The van der Waals surface area contributed by atoms with E-state index < -0.39 is 0 Å². The smallest absolute Gasteiger partial charge is 0.141 e. The van der Waals surface area contributed by atoms with E-state index in [0.717, 1.165) is 30.9 Å². The number of hydrogen-bond acceptors (Lipinski definition) is 4. The zero-order valence-electron chi connectivity index (χ0n) is 11.1. The molecule has 0 aliphatic rings. The molecule has 0 radical (unpaired) electrons. The van der Waals surface area contributed by atoms with Crippen molar-refractivity contribution in [3.63, 3.8) is 0 Å². The summed E-state index contributed by atoms with van der Waals surface area (Å²) in [6, 6.07) is 2.31. The van der Waals surface area contributed by atoms with Crippen molar-refractivity contribution in [1.82, 2.24) is 30.3 Å². The third-order valence-electron chi connectivity index (χ3n) is 3.10. The molecule has 2 aromatic heterocycles. The average molecular weight is 248 g/mol.